The molecule has 0 aliphatic heterocycles. The molecule has 7 nitrogen and oxygen atoms in total. The van der Waals surface area contributed by atoms with Crippen LogP contribution in [0.15, 0.2) is 63.7 Å². The topological polar surface area (TPSA) is 85.8 Å². The Morgan fingerprint density at radius 2 is 1.97 bits per heavy atom. The summed E-state index contributed by atoms with van der Waals surface area (Å²) in [6.07, 6.45) is 1.62. The molecule has 3 heterocycles. The zero-order valence-corrected chi connectivity index (χ0v) is 19.1. The molecule has 4 aromatic rings. The van der Waals surface area contributed by atoms with Crippen LogP contribution < -0.4 is 5.32 Å². The summed E-state index contributed by atoms with van der Waals surface area (Å²) in [7, 11) is 0. The van der Waals surface area contributed by atoms with Crippen LogP contribution in [0.2, 0.25) is 0 Å². The highest BCUT2D eigenvalue weighted by atomic mass is 32.2. The number of nitrogens with zero attached hydrogens (tertiary/aromatic N) is 4. The largest absolute Gasteiger partial charge is 0.461 e. The van der Waals surface area contributed by atoms with Gasteiger partial charge in [0.25, 0.3) is 0 Å². The van der Waals surface area contributed by atoms with Gasteiger partial charge in [0, 0.05) is 17.5 Å². The molecule has 0 radical (unpaired) electrons. The predicted molar refractivity (Wildman–Crippen MR) is 124 cm³/mol. The van der Waals surface area contributed by atoms with Crippen LogP contribution in [0.4, 0.5) is 5.13 Å². The van der Waals surface area contributed by atoms with Gasteiger partial charge in [-0.1, -0.05) is 55.9 Å². The number of hydrogen-bond acceptors (Lipinski definition) is 7. The molecule has 0 saturated heterocycles. The summed E-state index contributed by atoms with van der Waals surface area (Å²) in [5.74, 6) is 1.59. The summed E-state index contributed by atoms with van der Waals surface area (Å²) in [6, 6.07) is 13.6. The molecule has 3 aromatic heterocycles. The number of benzene rings is 1. The normalized spacial score (nSPS) is 12.3. The third-order valence-corrected chi connectivity index (χ3v) is 6.30. The number of aromatic nitrogens is 4. The van der Waals surface area contributed by atoms with Crippen molar-refractivity contribution in [1.82, 2.24) is 19.7 Å². The number of thiazole rings is 1. The Bertz CT molecular complexity index is 1140. The molecule has 0 unspecified atom stereocenters. The number of rotatable bonds is 8. The lowest BCUT2D eigenvalue weighted by Crippen LogP contribution is -2.23. The minimum atomic E-state index is -0.372. The molecule has 0 aliphatic rings. The highest BCUT2D eigenvalue weighted by Gasteiger charge is 2.23. The minimum absolute atomic E-state index is 0.127. The molecule has 1 amide bonds. The van der Waals surface area contributed by atoms with E-state index in [1.54, 1.807) is 6.26 Å². The van der Waals surface area contributed by atoms with E-state index >= 15 is 0 Å². The fourth-order valence-electron chi connectivity index (χ4n) is 2.98. The quantitative estimate of drug-likeness (QED) is 0.358. The van der Waals surface area contributed by atoms with Crippen LogP contribution in [0.3, 0.4) is 0 Å². The second-order valence-corrected chi connectivity index (χ2v) is 9.61. The fraction of sp³-hybridized carbons (Fsp3) is 0.273. The Hall–Kier alpha value is -2.91. The maximum absolute atomic E-state index is 12.8. The monoisotopic (exact) mass is 453 g/mol. The zero-order chi connectivity index (χ0) is 21.8. The second kappa shape index (κ2) is 9.49. The number of nitrogens with one attached hydrogen (secondary N) is 1. The average Bonchev–Trinajstić information content (AvgIpc) is 3.50. The van der Waals surface area contributed by atoms with Gasteiger partial charge in [0.15, 0.2) is 21.9 Å². The maximum atomic E-state index is 12.8. The summed E-state index contributed by atoms with van der Waals surface area (Å²) in [4.78, 5) is 17.3. The van der Waals surface area contributed by atoms with E-state index in [1.165, 1.54) is 23.1 Å². The smallest absolute Gasteiger partial charge is 0.239 e. The number of anilines is 1. The van der Waals surface area contributed by atoms with Crippen molar-refractivity contribution in [3.63, 3.8) is 0 Å². The summed E-state index contributed by atoms with van der Waals surface area (Å²) >= 11 is 2.79. The van der Waals surface area contributed by atoms with E-state index < -0.39 is 0 Å². The molecular weight excluding hydrogens is 430 g/mol. The fourth-order valence-corrected chi connectivity index (χ4v) is 4.57. The summed E-state index contributed by atoms with van der Waals surface area (Å²) in [6.45, 7) is 6.84. The van der Waals surface area contributed by atoms with Crippen molar-refractivity contribution < 1.29 is 9.21 Å². The number of furan rings is 1. The van der Waals surface area contributed by atoms with Crippen LogP contribution in [0.5, 0.6) is 0 Å². The number of carbonyl (C=O) groups excluding carboxylic acids is 1. The van der Waals surface area contributed by atoms with Crippen LogP contribution in [-0.2, 0) is 11.3 Å². The first-order valence-corrected chi connectivity index (χ1v) is 11.7. The van der Waals surface area contributed by atoms with Crippen molar-refractivity contribution in [2.45, 2.75) is 37.7 Å². The van der Waals surface area contributed by atoms with E-state index in [4.69, 9.17) is 4.42 Å². The lowest BCUT2D eigenvalue weighted by atomic mass is 10.2. The molecule has 31 heavy (non-hydrogen) atoms. The predicted octanol–water partition coefficient (Wildman–Crippen LogP) is 5.44. The van der Waals surface area contributed by atoms with Crippen molar-refractivity contribution in [2.24, 2.45) is 5.92 Å². The van der Waals surface area contributed by atoms with E-state index in [9.17, 15) is 4.79 Å². The van der Waals surface area contributed by atoms with Gasteiger partial charge in [-0.25, -0.2) is 4.98 Å². The average molecular weight is 454 g/mol. The highest BCUT2D eigenvalue weighted by Crippen LogP contribution is 2.29. The van der Waals surface area contributed by atoms with Gasteiger partial charge in [-0.3, -0.25) is 9.36 Å². The van der Waals surface area contributed by atoms with Crippen molar-refractivity contribution in [1.29, 1.82) is 0 Å². The van der Waals surface area contributed by atoms with Crippen LogP contribution in [0, 0.1) is 5.92 Å². The standard InChI is InChI=1S/C22H23N5O2S2/c1-14(2)12-27-19(18-10-7-11-29-18)25-26-22(27)31-15(3)20(28)24-21-23-17(13-30-21)16-8-5-4-6-9-16/h4-11,13-15H,12H2,1-3H3,(H,23,24,28)/t15-/m1/s1. The van der Waals surface area contributed by atoms with E-state index in [1.807, 2.05) is 59.3 Å². The third kappa shape index (κ3) is 5.05. The Morgan fingerprint density at radius 1 is 1.16 bits per heavy atom. The van der Waals surface area contributed by atoms with E-state index in [0.717, 1.165) is 17.8 Å². The second-order valence-electron chi connectivity index (χ2n) is 7.44. The molecule has 0 fully saturated rings. The molecule has 9 heteroatoms. The Labute approximate surface area is 188 Å². The first kappa shape index (κ1) is 21.3. The van der Waals surface area contributed by atoms with Crippen molar-refractivity contribution in [2.75, 3.05) is 5.32 Å². The van der Waals surface area contributed by atoms with Crippen LogP contribution in [0.25, 0.3) is 22.8 Å². The van der Waals surface area contributed by atoms with Gasteiger partial charge in [-0.15, -0.1) is 21.5 Å². The summed E-state index contributed by atoms with van der Waals surface area (Å²) in [5.41, 5.74) is 1.87. The van der Waals surface area contributed by atoms with Crippen molar-refractivity contribution in [3.05, 3.63) is 54.1 Å². The Kier molecular flexibility index (Phi) is 6.53. The summed E-state index contributed by atoms with van der Waals surface area (Å²) in [5, 5.41) is 14.4. The first-order valence-electron chi connectivity index (χ1n) is 9.97. The maximum Gasteiger partial charge on any atom is 0.239 e. The number of amides is 1. The lowest BCUT2D eigenvalue weighted by molar-refractivity contribution is -0.115. The molecule has 1 aromatic carbocycles. The van der Waals surface area contributed by atoms with Gasteiger partial charge in [0.05, 0.1) is 17.2 Å². The molecule has 160 valence electrons. The van der Waals surface area contributed by atoms with Gasteiger partial charge < -0.3 is 9.73 Å². The molecule has 0 saturated carbocycles. The Balaban J connectivity index is 1.46. The summed E-state index contributed by atoms with van der Waals surface area (Å²) < 4.78 is 7.52. The van der Waals surface area contributed by atoms with E-state index in [-0.39, 0.29) is 11.2 Å². The SMILES string of the molecule is CC(C)Cn1c(S[C@H](C)C(=O)Nc2nc(-c3ccccc3)cs2)nnc1-c1ccco1. The first-order chi connectivity index (χ1) is 15.0. The molecular formula is C22H23N5O2S2. The van der Waals surface area contributed by atoms with Crippen molar-refractivity contribution in [3.8, 4) is 22.8 Å². The van der Waals surface area contributed by atoms with Gasteiger partial charge in [-0.05, 0) is 25.0 Å². The molecule has 1 N–H and O–H groups in total. The van der Waals surface area contributed by atoms with E-state index in [0.29, 0.717) is 27.8 Å². The van der Waals surface area contributed by atoms with Gasteiger partial charge in [0.1, 0.15) is 0 Å². The number of thioether (sulfide) groups is 1. The minimum Gasteiger partial charge on any atom is -0.461 e. The molecule has 0 aliphatic carbocycles. The molecule has 0 bridgehead atoms. The van der Waals surface area contributed by atoms with Crippen LogP contribution >= 0.6 is 23.1 Å². The molecule has 4 rings (SSSR count). The number of hydrogen-bond donors (Lipinski definition) is 1. The number of carbonyl (C=O) groups is 1. The van der Waals surface area contributed by atoms with Crippen LogP contribution in [-0.4, -0.2) is 30.9 Å². The van der Waals surface area contributed by atoms with Gasteiger partial charge in [0.2, 0.25) is 5.91 Å². The van der Waals surface area contributed by atoms with E-state index in [2.05, 4.69) is 34.3 Å². The van der Waals surface area contributed by atoms with Gasteiger partial charge in [-0.2, -0.15) is 0 Å². The molecule has 0 spiro atoms. The van der Waals surface area contributed by atoms with Crippen LogP contribution in [0.1, 0.15) is 20.8 Å². The Morgan fingerprint density at radius 3 is 2.68 bits per heavy atom. The zero-order valence-electron chi connectivity index (χ0n) is 17.5. The third-order valence-electron chi connectivity index (χ3n) is 4.46. The lowest BCUT2D eigenvalue weighted by Gasteiger charge is -2.14. The van der Waals surface area contributed by atoms with Crippen molar-refractivity contribution >= 4 is 34.1 Å². The van der Waals surface area contributed by atoms with Gasteiger partial charge >= 0.3 is 0 Å². The highest BCUT2D eigenvalue weighted by molar-refractivity contribution is 8.00. The molecule has 1 atom stereocenters.